The van der Waals surface area contributed by atoms with Gasteiger partial charge in [-0.2, -0.15) is 5.10 Å². The van der Waals surface area contributed by atoms with Gasteiger partial charge in [0.2, 0.25) is 0 Å². The molecule has 0 aliphatic rings. The second-order valence-corrected chi connectivity index (χ2v) is 4.04. The van der Waals surface area contributed by atoms with E-state index in [4.69, 9.17) is 9.84 Å². The van der Waals surface area contributed by atoms with E-state index in [1.807, 2.05) is 17.8 Å². The normalized spacial score (nSPS) is 10.6. The van der Waals surface area contributed by atoms with Gasteiger partial charge in [0.05, 0.1) is 29.9 Å². The summed E-state index contributed by atoms with van der Waals surface area (Å²) in [6, 6.07) is 5.58. The van der Waals surface area contributed by atoms with E-state index < -0.39 is 0 Å². The molecule has 0 aliphatic carbocycles. The number of pyridine rings is 1. The zero-order valence-electron chi connectivity index (χ0n) is 10.6. The summed E-state index contributed by atoms with van der Waals surface area (Å²) in [5.41, 5.74) is 2.72. The first-order valence-electron chi connectivity index (χ1n) is 5.93. The summed E-state index contributed by atoms with van der Waals surface area (Å²) in [5.74, 6) is 0.687. The van der Waals surface area contributed by atoms with Crippen LogP contribution in [0.2, 0.25) is 0 Å². The Morgan fingerprint density at radius 3 is 2.72 bits per heavy atom. The highest BCUT2D eigenvalue weighted by molar-refractivity contribution is 5.20. The van der Waals surface area contributed by atoms with Crippen molar-refractivity contribution in [1.29, 1.82) is 0 Å². The molecule has 2 rings (SSSR count). The quantitative estimate of drug-likeness (QED) is 0.868. The van der Waals surface area contributed by atoms with Crippen molar-refractivity contribution < 1.29 is 9.84 Å². The van der Waals surface area contributed by atoms with E-state index in [2.05, 4.69) is 17.0 Å². The highest BCUT2D eigenvalue weighted by atomic mass is 16.5. The van der Waals surface area contributed by atoms with E-state index in [0.717, 1.165) is 17.8 Å². The third-order valence-corrected chi connectivity index (χ3v) is 2.74. The van der Waals surface area contributed by atoms with Crippen LogP contribution in [-0.4, -0.2) is 19.9 Å². The first-order chi connectivity index (χ1) is 8.72. The van der Waals surface area contributed by atoms with Crippen LogP contribution in [0, 0.1) is 0 Å². The molecule has 18 heavy (non-hydrogen) atoms. The third-order valence-electron chi connectivity index (χ3n) is 2.74. The van der Waals surface area contributed by atoms with E-state index in [0.29, 0.717) is 18.1 Å². The molecular formula is C13H17N3O2. The first-order valence-corrected chi connectivity index (χ1v) is 5.93. The molecule has 0 spiro atoms. The molecule has 0 atom stereocenters. The highest BCUT2D eigenvalue weighted by Gasteiger charge is 2.04. The smallest absolute Gasteiger partial charge is 0.138 e. The van der Waals surface area contributed by atoms with Crippen molar-refractivity contribution in [2.75, 3.05) is 0 Å². The van der Waals surface area contributed by atoms with Gasteiger partial charge in [0.15, 0.2) is 0 Å². The monoisotopic (exact) mass is 247 g/mol. The Kier molecular flexibility index (Phi) is 3.94. The molecular weight excluding hydrogens is 230 g/mol. The van der Waals surface area contributed by atoms with Crippen LogP contribution in [0.1, 0.15) is 24.0 Å². The predicted octanol–water partition coefficient (Wildman–Crippen LogP) is 1.45. The maximum Gasteiger partial charge on any atom is 0.138 e. The maximum atomic E-state index is 8.89. The summed E-state index contributed by atoms with van der Waals surface area (Å²) in [6.45, 7) is 2.48. The van der Waals surface area contributed by atoms with Crippen LogP contribution < -0.4 is 4.74 Å². The Morgan fingerprint density at radius 2 is 2.17 bits per heavy atom. The number of hydrogen-bond acceptors (Lipinski definition) is 4. The van der Waals surface area contributed by atoms with Crippen molar-refractivity contribution in [2.45, 2.75) is 26.6 Å². The maximum absolute atomic E-state index is 8.89. The van der Waals surface area contributed by atoms with Crippen LogP contribution in [0.5, 0.6) is 5.75 Å². The van der Waals surface area contributed by atoms with E-state index in [-0.39, 0.29) is 6.61 Å². The van der Waals surface area contributed by atoms with Gasteiger partial charge in [-0.25, -0.2) is 0 Å². The minimum atomic E-state index is -0.0537. The molecule has 2 aromatic rings. The molecule has 0 aliphatic heterocycles. The largest absolute Gasteiger partial charge is 0.486 e. The fourth-order valence-corrected chi connectivity index (χ4v) is 1.63. The van der Waals surface area contributed by atoms with E-state index in [1.54, 1.807) is 18.3 Å². The summed E-state index contributed by atoms with van der Waals surface area (Å²) in [5, 5.41) is 13.2. The number of aryl methyl sites for hydroxylation is 2. The van der Waals surface area contributed by atoms with Crippen LogP contribution in [-0.2, 0) is 26.7 Å². The molecule has 0 saturated heterocycles. The second kappa shape index (κ2) is 5.64. The molecule has 0 bridgehead atoms. The van der Waals surface area contributed by atoms with Crippen LogP contribution in [0.3, 0.4) is 0 Å². The lowest BCUT2D eigenvalue weighted by atomic mass is 10.3. The zero-order chi connectivity index (χ0) is 13.0. The third kappa shape index (κ3) is 2.87. The van der Waals surface area contributed by atoms with Gasteiger partial charge in [0.1, 0.15) is 12.4 Å². The van der Waals surface area contributed by atoms with Gasteiger partial charge in [-0.15, -0.1) is 0 Å². The minimum Gasteiger partial charge on any atom is -0.486 e. The Bertz CT molecular complexity index is 505. The fraction of sp³-hybridized carbons (Fsp3) is 0.385. The number of aliphatic hydroxyl groups excluding tert-OH is 1. The van der Waals surface area contributed by atoms with Gasteiger partial charge in [-0.1, -0.05) is 6.92 Å². The molecule has 1 N–H and O–H groups in total. The SMILES string of the molecule is CCc1cc(COc2ccc(CO)nc2)n(C)n1. The number of rotatable bonds is 5. The number of nitrogens with zero attached hydrogens (tertiary/aromatic N) is 3. The van der Waals surface area contributed by atoms with Crippen LogP contribution >= 0.6 is 0 Å². The fourth-order valence-electron chi connectivity index (χ4n) is 1.63. The first kappa shape index (κ1) is 12.6. The van der Waals surface area contributed by atoms with Gasteiger partial charge in [-0.3, -0.25) is 9.67 Å². The lowest BCUT2D eigenvalue weighted by Crippen LogP contribution is -2.03. The van der Waals surface area contributed by atoms with Crippen molar-refractivity contribution in [3.63, 3.8) is 0 Å². The van der Waals surface area contributed by atoms with Crippen molar-refractivity contribution in [3.8, 4) is 5.75 Å². The van der Waals surface area contributed by atoms with E-state index in [9.17, 15) is 0 Å². The highest BCUT2D eigenvalue weighted by Crippen LogP contribution is 2.12. The van der Waals surface area contributed by atoms with Gasteiger partial charge in [0, 0.05) is 7.05 Å². The molecule has 0 radical (unpaired) electrons. The Labute approximate surface area is 106 Å². The Hall–Kier alpha value is -1.88. The van der Waals surface area contributed by atoms with Gasteiger partial charge < -0.3 is 9.84 Å². The zero-order valence-corrected chi connectivity index (χ0v) is 10.6. The lowest BCUT2D eigenvalue weighted by Gasteiger charge is -2.06. The summed E-state index contributed by atoms with van der Waals surface area (Å²) in [7, 11) is 1.91. The summed E-state index contributed by atoms with van der Waals surface area (Å²) < 4.78 is 7.45. The van der Waals surface area contributed by atoms with Crippen molar-refractivity contribution in [2.24, 2.45) is 7.05 Å². The average molecular weight is 247 g/mol. The van der Waals surface area contributed by atoms with Crippen LogP contribution in [0.4, 0.5) is 0 Å². The number of hydrogen-bond donors (Lipinski definition) is 1. The Balaban J connectivity index is 1.99. The molecule has 96 valence electrons. The van der Waals surface area contributed by atoms with Crippen LogP contribution in [0.15, 0.2) is 24.4 Å². The standard InChI is InChI=1S/C13H17N3O2/c1-3-10-6-12(16(2)15-10)9-18-13-5-4-11(8-17)14-7-13/h4-7,17H,3,8-9H2,1-2H3. The summed E-state index contributed by atoms with van der Waals surface area (Å²) in [6.07, 6.45) is 2.53. The lowest BCUT2D eigenvalue weighted by molar-refractivity contribution is 0.274. The molecule has 2 aromatic heterocycles. The molecule has 5 heteroatoms. The van der Waals surface area contributed by atoms with Gasteiger partial charge in [-0.05, 0) is 24.6 Å². The van der Waals surface area contributed by atoms with E-state index >= 15 is 0 Å². The minimum absolute atomic E-state index is 0.0537. The topological polar surface area (TPSA) is 60.2 Å². The van der Waals surface area contributed by atoms with Crippen molar-refractivity contribution in [3.05, 3.63) is 41.5 Å². The molecule has 0 unspecified atom stereocenters. The summed E-state index contributed by atoms with van der Waals surface area (Å²) >= 11 is 0. The van der Waals surface area contributed by atoms with Crippen molar-refractivity contribution in [1.82, 2.24) is 14.8 Å². The molecule has 0 aromatic carbocycles. The van der Waals surface area contributed by atoms with E-state index in [1.165, 1.54) is 0 Å². The molecule has 0 saturated carbocycles. The number of ether oxygens (including phenoxy) is 1. The number of aromatic nitrogens is 3. The predicted molar refractivity (Wildman–Crippen MR) is 67.1 cm³/mol. The molecule has 5 nitrogen and oxygen atoms in total. The Morgan fingerprint density at radius 1 is 1.33 bits per heavy atom. The second-order valence-electron chi connectivity index (χ2n) is 4.04. The average Bonchev–Trinajstić information content (AvgIpc) is 2.77. The van der Waals surface area contributed by atoms with Gasteiger partial charge >= 0.3 is 0 Å². The summed E-state index contributed by atoms with van der Waals surface area (Å²) in [4.78, 5) is 4.06. The number of aliphatic hydroxyl groups is 1. The molecule has 0 amide bonds. The molecule has 2 heterocycles. The van der Waals surface area contributed by atoms with Crippen LogP contribution in [0.25, 0.3) is 0 Å². The van der Waals surface area contributed by atoms with Gasteiger partial charge in [0.25, 0.3) is 0 Å². The molecule has 0 fully saturated rings. The van der Waals surface area contributed by atoms with Crippen molar-refractivity contribution >= 4 is 0 Å².